The molecule has 3 rings (SSSR count). The SMILES string of the molecule is CC(C)(C)NC(=O)C(c1cccnc1)N(C(=O)c1ccco1)c1ccc(C(C)(C)C)cc1.[HH]. The van der Waals surface area contributed by atoms with Crippen LogP contribution in [0.1, 0.15) is 70.7 Å². The molecule has 0 aliphatic carbocycles. The van der Waals surface area contributed by atoms with Crippen molar-refractivity contribution in [2.45, 2.75) is 58.5 Å². The molecule has 2 aromatic heterocycles. The van der Waals surface area contributed by atoms with E-state index in [0.717, 1.165) is 5.56 Å². The lowest BCUT2D eigenvalue weighted by molar-refractivity contribution is -0.123. The van der Waals surface area contributed by atoms with Crippen LogP contribution < -0.4 is 10.2 Å². The van der Waals surface area contributed by atoms with Crippen molar-refractivity contribution in [1.29, 1.82) is 0 Å². The van der Waals surface area contributed by atoms with Crippen molar-refractivity contribution >= 4 is 17.5 Å². The summed E-state index contributed by atoms with van der Waals surface area (Å²) in [5.74, 6) is -0.552. The van der Waals surface area contributed by atoms with Gasteiger partial charge in [-0.05, 0) is 62.1 Å². The predicted molar refractivity (Wildman–Crippen MR) is 128 cm³/mol. The van der Waals surface area contributed by atoms with E-state index < -0.39 is 17.5 Å². The Balaban J connectivity index is 0.00000385. The van der Waals surface area contributed by atoms with E-state index >= 15 is 0 Å². The van der Waals surface area contributed by atoms with Gasteiger partial charge in [-0.3, -0.25) is 19.5 Å². The van der Waals surface area contributed by atoms with Gasteiger partial charge in [-0.1, -0.05) is 39.0 Å². The Morgan fingerprint density at radius 1 is 1.00 bits per heavy atom. The van der Waals surface area contributed by atoms with Crippen molar-refractivity contribution in [1.82, 2.24) is 10.3 Å². The van der Waals surface area contributed by atoms with E-state index in [1.54, 1.807) is 36.7 Å². The Bertz CT molecular complexity index is 1050. The molecular formula is C26H33N3O3. The Morgan fingerprint density at radius 2 is 1.69 bits per heavy atom. The highest BCUT2D eigenvalue weighted by Gasteiger charge is 2.36. The van der Waals surface area contributed by atoms with Crippen molar-refractivity contribution in [3.63, 3.8) is 0 Å². The molecule has 2 amide bonds. The number of hydrogen-bond acceptors (Lipinski definition) is 4. The number of carbonyl (C=O) groups is 2. The van der Waals surface area contributed by atoms with Gasteiger partial charge in [0.15, 0.2) is 5.76 Å². The van der Waals surface area contributed by atoms with Crippen LogP contribution in [-0.4, -0.2) is 22.3 Å². The fourth-order valence-electron chi connectivity index (χ4n) is 3.42. The predicted octanol–water partition coefficient (Wildman–Crippen LogP) is 5.52. The topological polar surface area (TPSA) is 75.4 Å². The van der Waals surface area contributed by atoms with Gasteiger partial charge in [0.2, 0.25) is 5.91 Å². The van der Waals surface area contributed by atoms with Crippen LogP contribution in [0, 0.1) is 0 Å². The zero-order valence-corrected chi connectivity index (χ0v) is 19.5. The molecule has 1 aromatic carbocycles. The number of anilines is 1. The molecule has 0 saturated heterocycles. The molecular weight excluding hydrogens is 402 g/mol. The molecule has 0 saturated carbocycles. The molecule has 0 aliphatic heterocycles. The first-order valence-corrected chi connectivity index (χ1v) is 10.7. The summed E-state index contributed by atoms with van der Waals surface area (Å²) in [4.78, 5) is 32.8. The number of pyridine rings is 1. The van der Waals surface area contributed by atoms with Crippen molar-refractivity contribution in [3.05, 3.63) is 84.1 Å². The number of carbonyl (C=O) groups excluding carboxylic acids is 2. The Labute approximate surface area is 191 Å². The second kappa shape index (κ2) is 8.99. The summed E-state index contributed by atoms with van der Waals surface area (Å²) in [7, 11) is 0. The van der Waals surface area contributed by atoms with E-state index in [2.05, 4.69) is 31.1 Å². The molecule has 2 heterocycles. The van der Waals surface area contributed by atoms with E-state index in [-0.39, 0.29) is 18.5 Å². The lowest BCUT2D eigenvalue weighted by atomic mass is 9.87. The highest BCUT2D eigenvalue weighted by molar-refractivity contribution is 6.08. The summed E-state index contributed by atoms with van der Waals surface area (Å²) >= 11 is 0. The highest BCUT2D eigenvalue weighted by atomic mass is 16.3. The summed E-state index contributed by atoms with van der Waals surface area (Å²) in [5.41, 5.74) is 1.81. The van der Waals surface area contributed by atoms with Crippen molar-refractivity contribution in [2.24, 2.45) is 0 Å². The van der Waals surface area contributed by atoms with Gasteiger partial charge in [-0.25, -0.2) is 0 Å². The van der Waals surface area contributed by atoms with Crippen molar-refractivity contribution in [2.75, 3.05) is 4.90 Å². The molecule has 32 heavy (non-hydrogen) atoms. The molecule has 0 aliphatic rings. The third kappa shape index (κ3) is 5.44. The lowest BCUT2D eigenvalue weighted by Gasteiger charge is -2.33. The maximum atomic E-state index is 13.6. The molecule has 1 atom stereocenters. The second-order valence-corrected chi connectivity index (χ2v) is 9.88. The first kappa shape index (κ1) is 23.3. The number of aromatic nitrogens is 1. The van der Waals surface area contributed by atoms with E-state index in [0.29, 0.717) is 11.3 Å². The molecule has 0 bridgehead atoms. The molecule has 0 spiro atoms. The quantitative estimate of drug-likeness (QED) is 0.572. The van der Waals surface area contributed by atoms with E-state index in [4.69, 9.17) is 4.42 Å². The van der Waals surface area contributed by atoms with Crippen molar-refractivity contribution in [3.8, 4) is 0 Å². The normalized spacial score (nSPS) is 12.8. The molecule has 1 N–H and O–H groups in total. The summed E-state index contributed by atoms with van der Waals surface area (Å²) in [6.07, 6.45) is 4.69. The molecule has 170 valence electrons. The van der Waals surface area contributed by atoms with Gasteiger partial charge in [0.1, 0.15) is 6.04 Å². The average Bonchev–Trinajstić information content (AvgIpc) is 3.25. The number of rotatable bonds is 5. The van der Waals surface area contributed by atoms with E-state index in [1.807, 2.05) is 45.0 Å². The average molecular weight is 436 g/mol. The largest absolute Gasteiger partial charge is 0.459 e. The fourth-order valence-corrected chi connectivity index (χ4v) is 3.42. The van der Waals surface area contributed by atoms with Gasteiger partial charge in [-0.2, -0.15) is 0 Å². The number of furan rings is 1. The second-order valence-electron chi connectivity index (χ2n) is 9.88. The van der Waals surface area contributed by atoms with Crippen LogP contribution in [0.15, 0.2) is 71.6 Å². The number of nitrogens with one attached hydrogen (secondary N) is 1. The smallest absolute Gasteiger partial charge is 0.294 e. The summed E-state index contributed by atoms with van der Waals surface area (Å²) < 4.78 is 5.40. The van der Waals surface area contributed by atoms with Crippen LogP contribution in [-0.2, 0) is 10.2 Å². The minimum Gasteiger partial charge on any atom is -0.459 e. The van der Waals surface area contributed by atoms with Crippen LogP contribution >= 0.6 is 0 Å². The fraction of sp³-hybridized carbons (Fsp3) is 0.346. The van der Waals surface area contributed by atoms with Crippen LogP contribution in [0.2, 0.25) is 0 Å². The number of benzene rings is 1. The number of nitrogens with zero attached hydrogens (tertiary/aromatic N) is 2. The number of amides is 2. The summed E-state index contributed by atoms with van der Waals surface area (Å²) in [6, 6.07) is 13.6. The van der Waals surface area contributed by atoms with Gasteiger partial charge >= 0.3 is 0 Å². The van der Waals surface area contributed by atoms with E-state index in [1.165, 1.54) is 11.2 Å². The van der Waals surface area contributed by atoms with Gasteiger partial charge in [0.05, 0.1) is 6.26 Å². The number of hydrogen-bond donors (Lipinski definition) is 1. The Kier molecular flexibility index (Phi) is 6.53. The van der Waals surface area contributed by atoms with Gasteiger partial charge in [-0.15, -0.1) is 0 Å². The van der Waals surface area contributed by atoms with Crippen molar-refractivity contribution < 1.29 is 15.4 Å². The zero-order chi connectivity index (χ0) is 23.5. The standard InChI is InChI=1S/C26H31N3O3.H2/c1-25(2,3)19-11-13-20(14-12-19)29(24(31)21-10-8-16-32-21)22(18-9-7-15-27-17-18)23(30)28-26(4,5)6;/h7-17,22H,1-6H3,(H,28,30);1H. The maximum absolute atomic E-state index is 13.6. The minimum absolute atomic E-state index is 0. The molecule has 6 heteroatoms. The van der Waals surface area contributed by atoms with Crippen LogP contribution in [0.4, 0.5) is 5.69 Å². The molecule has 1 unspecified atom stereocenters. The Hall–Kier alpha value is -3.41. The van der Waals surface area contributed by atoms with E-state index in [9.17, 15) is 9.59 Å². The van der Waals surface area contributed by atoms with Gasteiger partial charge in [0, 0.05) is 30.6 Å². The first-order chi connectivity index (χ1) is 15.0. The molecule has 6 nitrogen and oxygen atoms in total. The highest BCUT2D eigenvalue weighted by Crippen LogP contribution is 2.32. The summed E-state index contributed by atoms with van der Waals surface area (Å²) in [6.45, 7) is 12.1. The Morgan fingerprint density at radius 3 is 2.19 bits per heavy atom. The van der Waals surface area contributed by atoms with Gasteiger partial charge in [0.25, 0.3) is 5.91 Å². The zero-order valence-electron chi connectivity index (χ0n) is 19.5. The third-order valence-corrected chi connectivity index (χ3v) is 4.97. The van der Waals surface area contributed by atoms with Crippen LogP contribution in [0.25, 0.3) is 0 Å². The van der Waals surface area contributed by atoms with Crippen LogP contribution in [0.3, 0.4) is 0 Å². The molecule has 0 radical (unpaired) electrons. The molecule has 3 aromatic rings. The third-order valence-electron chi connectivity index (χ3n) is 4.97. The lowest BCUT2D eigenvalue weighted by Crippen LogP contribution is -2.49. The van der Waals surface area contributed by atoms with Crippen LogP contribution in [0.5, 0.6) is 0 Å². The van der Waals surface area contributed by atoms with Gasteiger partial charge < -0.3 is 9.73 Å². The first-order valence-electron chi connectivity index (χ1n) is 10.7. The maximum Gasteiger partial charge on any atom is 0.294 e. The molecule has 0 fully saturated rings. The summed E-state index contributed by atoms with van der Waals surface area (Å²) in [5, 5.41) is 3.01. The minimum atomic E-state index is -0.930. The monoisotopic (exact) mass is 435 g/mol.